The van der Waals surface area contributed by atoms with Crippen LogP contribution in [0.25, 0.3) is 16.9 Å². The third-order valence-electron chi connectivity index (χ3n) is 4.67. The number of methoxy groups -OCH3 is 1. The van der Waals surface area contributed by atoms with Crippen molar-refractivity contribution in [2.45, 2.75) is 19.9 Å². The summed E-state index contributed by atoms with van der Waals surface area (Å²) in [5.41, 5.74) is 3.55. The topological polar surface area (TPSA) is 69.0 Å². The van der Waals surface area contributed by atoms with Crippen LogP contribution < -0.4 is 10.1 Å². The molecule has 1 amide bonds. The van der Waals surface area contributed by atoms with Gasteiger partial charge >= 0.3 is 0 Å². The highest BCUT2D eigenvalue weighted by Crippen LogP contribution is 2.31. The Balaban J connectivity index is 1.69. The maximum atomic E-state index is 13.1. The van der Waals surface area contributed by atoms with E-state index in [4.69, 9.17) is 9.84 Å². The number of nitrogens with zero attached hydrogens (tertiary/aromatic N) is 3. The predicted molar refractivity (Wildman–Crippen MR) is 118 cm³/mol. The Hall–Kier alpha value is -3.45. The summed E-state index contributed by atoms with van der Waals surface area (Å²) in [4.78, 5) is 17.6. The van der Waals surface area contributed by atoms with E-state index in [1.807, 2.05) is 60.0 Å². The molecular weight excluding hydrogens is 396 g/mol. The fraction of sp³-hybridized carbons (Fsp3) is 0.174. The average Bonchev–Trinajstić information content (AvgIpc) is 3.45. The molecule has 0 saturated heterocycles. The van der Waals surface area contributed by atoms with Crippen molar-refractivity contribution < 1.29 is 9.53 Å². The van der Waals surface area contributed by atoms with Crippen molar-refractivity contribution in [1.82, 2.24) is 20.1 Å². The number of hydrogen-bond donors (Lipinski definition) is 1. The third kappa shape index (κ3) is 4.11. The van der Waals surface area contributed by atoms with Gasteiger partial charge in [-0.05, 0) is 30.7 Å². The minimum absolute atomic E-state index is 0.205. The van der Waals surface area contributed by atoms with Crippen LogP contribution in [-0.2, 0) is 13.0 Å². The number of benzene rings is 2. The van der Waals surface area contributed by atoms with Crippen molar-refractivity contribution in [3.63, 3.8) is 0 Å². The quantitative estimate of drug-likeness (QED) is 0.480. The van der Waals surface area contributed by atoms with Gasteiger partial charge in [0, 0.05) is 17.1 Å². The number of para-hydroxylation sites is 2. The average molecular weight is 419 g/mol. The summed E-state index contributed by atoms with van der Waals surface area (Å²) in [7, 11) is 1.61. The molecule has 0 fully saturated rings. The van der Waals surface area contributed by atoms with E-state index in [0.717, 1.165) is 28.4 Å². The van der Waals surface area contributed by atoms with Crippen LogP contribution >= 0.6 is 11.3 Å². The van der Waals surface area contributed by atoms with Crippen molar-refractivity contribution in [2.75, 3.05) is 7.11 Å². The summed E-state index contributed by atoms with van der Waals surface area (Å²) in [6.07, 6.45) is 2.64. The van der Waals surface area contributed by atoms with Crippen LogP contribution in [-0.4, -0.2) is 27.8 Å². The van der Waals surface area contributed by atoms with Crippen LogP contribution in [0.3, 0.4) is 0 Å². The van der Waals surface area contributed by atoms with Crippen molar-refractivity contribution >= 4 is 17.2 Å². The molecule has 0 aliphatic rings. The Morgan fingerprint density at radius 1 is 1.13 bits per heavy atom. The first-order valence-electron chi connectivity index (χ1n) is 9.69. The Morgan fingerprint density at radius 3 is 2.63 bits per heavy atom. The van der Waals surface area contributed by atoms with Crippen molar-refractivity contribution in [2.24, 2.45) is 0 Å². The van der Waals surface area contributed by atoms with Crippen molar-refractivity contribution in [1.29, 1.82) is 0 Å². The SMILES string of the molecule is CCc1nc(CNC(=O)c2cn(-c3ccccc3)nc2-c2ccccc2OC)cs1. The molecule has 152 valence electrons. The zero-order chi connectivity index (χ0) is 20.9. The van der Waals surface area contributed by atoms with E-state index in [0.29, 0.717) is 23.6 Å². The Morgan fingerprint density at radius 2 is 1.90 bits per heavy atom. The molecule has 0 unspecified atom stereocenters. The number of aromatic nitrogens is 3. The molecule has 0 bridgehead atoms. The highest BCUT2D eigenvalue weighted by Gasteiger charge is 2.21. The van der Waals surface area contributed by atoms with E-state index in [9.17, 15) is 4.79 Å². The monoisotopic (exact) mass is 418 g/mol. The van der Waals surface area contributed by atoms with Gasteiger partial charge in [-0.25, -0.2) is 9.67 Å². The smallest absolute Gasteiger partial charge is 0.255 e. The third-order valence-corrected chi connectivity index (χ3v) is 5.72. The van der Waals surface area contributed by atoms with E-state index < -0.39 is 0 Å². The van der Waals surface area contributed by atoms with E-state index in [2.05, 4.69) is 17.2 Å². The van der Waals surface area contributed by atoms with Gasteiger partial charge in [0.15, 0.2) is 0 Å². The van der Waals surface area contributed by atoms with Gasteiger partial charge in [-0.2, -0.15) is 5.10 Å². The molecule has 30 heavy (non-hydrogen) atoms. The number of hydrogen-bond acceptors (Lipinski definition) is 5. The molecule has 2 aromatic heterocycles. The van der Waals surface area contributed by atoms with Gasteiger partial charge in [-0.3, -0.25) is 4.79 Å². The maximum Gasteiger partial charge on any atom is 0.255 e. The fourth-order valence-electron chi connectivity index (χ4n) is 3.15. The minimum Gasteiger partial charge on any atom is -0.496 e. The van der Waals surface area contributed by atoms with Crippen molar-refractivity contribution in [3.8, 4) is 22.7 Å². The molecule has 6 nitrogen and oxygen atoms in total. The molecule has 2 heterocycles. The highest BCUT2D eigenvalue weighted by molar-refractivity contribution is 7.09. The molecule has 0 saturated carbocycles. The first-order chi connectivity index (χ1) is 14.7. The van der Waals surface area contributed by atoms with Crippen LogP contribution in [0.15, 0.2) is 66.2 Å². The number of ether oxygens (including phenoxy) is 1. The summed E-state index contributed by atoms with van der Waals surface area (Å²) in [5, 5.41) is 10.7. The van der Waals surface area contributed by atoms with E-state index in [1.165, 1.54) is 0 Å². The van der Waals surface area contributed by atoms with Crippen LogP contribution in [0.4, 0.5) is 0 Å². The van der Waals surface area contributed by atoms with Crippen LogP contribution in [0, 0.1) is 0 Å². The molecule has 7 heteroatoms. The molecule has 0 spiro atoms. The molecule has 0 atom stereocenters. The van der Waals surface area contributed by atoms with Gasteiger partial charge in [0.2, 0.25) is 0 Å². The number of carbonyl (C=O) groups excluding carboxylic acids is 1. The highest BCUT2D eigenvalue weighted by atomic mass is 32.1. The van der Waals surface area contributed by atoms with Crippen LogP contribution in [0.1, 0.15) is 28.0 Å². The summed E-state index contributed by atoms with van der Waals surface area (Å²) < 4.78 is 7.22. The summed E-state index contributed by atoms with van der Waals surface area (Å²) in [6, 6.07) is 17.3. The largest absolute Gasteiger partial charge is 0.496 e. The maximum absolute atomic E-state index is 13.1. The van der Waals surface area contributed by atoms with Gasteiger partial charge < -0.3 is 10.1 Å². The molecule has 2 aromatic carbocycles. The molecule has 4 rings (SSSR count). The normalized spacial score (nSPS) is 10.7. The number of carbonyl (C=O) groups is 1. The standard InChI is InChI=1S/C23H22N4O2S/c1-3-21-25-16(15-30-21)13-24-23(28)19-14-27(17-9-5-4-6-10-17)26-22(19)18-11-7-8-12-20(18)29-2/h4-12,14-15H,3,13H2,1-2H3,(H,24,28). The van der Waals surface area contributed by atoms with Crippen molar-refractivity contribution in [3.05, 3.63) is 82.4 Å². The lowest BCUT2D eigenvalue weighted by Crippen LogP contribution is -2.23. The number of thiazole rings is 1. The summed E-state index contributed by atoms with van der Waals surface area (Å²) >= 11 is 1.61. The molecule has 0 aliphatic heterocycles. The minimum atomic E-state index is -0.205. The zero-order valence-electron chi connectivity index (χ0n) is 16.8. The Kier molecular flexibility index (Phi) is 5.90. The lowest BCUT2D eigenvalue weighted by Gasteiger charge is -2.08. The second kappa shape index (κ2) is 8.92. The Labute approximate surface area is 179 Å². The molecule has 4 aromatic rings. The van der Waals surface area contributed by atoms with Gasteiger partial charge in [-0.1, -0.05) is 37.3 Å². The number of amides is 1. The first kappa shape index (κ1) is 19.8. The van der Waals surface area contributed by atoms with E-state index >= 15 is 0 Å². The van der Waals surface area contributed by atoms with E-state index in [-0.39, 0.29) is 5.91 Å². The van der Waals surface area contributed by atoms with Gasteiger partial charge in [0.25, 0.3) is 5.91 Å². The second-order valence-electron chi connectivity index (χ2n) is 6.64. The molecule has 0 radical (unpaired) electrons. The zero-order valence-corrected chi connectivity index (χ0v) is 17.6. The van der Waals surface area contributed by atoms with Gasteiger partial charge in [0.05, 0.1) is 35.6 Å². The second-order valence-corrected chi connectivity index (χ2v) is 7.58. The fourth-order valence-corrected chi connectivity index (χ4v) is 3.90. The molecular formula is C23H22N4O2S. The first-order valence-corrected chi connectivity index (χ1v) is 10.6. The molecule has 0 aliphatic carbocycles. The number of nitrogens with one attached hydrogen (secondary N) is 1. The number of rotatable bonds is 7. The summed E-state index contributed by atoms with van der Waals surface area (Å²) in [6.45, 7) is 2.44. The van der Waals surface area contributed by atoms with Crippen LogP contribution in [0.5, 0.6) is 5.75 Å². The van der Waals surface area contributed by atoms with Gasteiger partial charge in [0.1, 0.15) is 11.4 Å². The summed E-state index contributed by atoms with van der Waals surface area (Å²) in [5.74, 6) is 0.459. The van der Waals surface area contributed by atoms with E-state index in [1.54, 1.807) is 29.3 Å². The Bertz CT molecular complexity index is 1150. The van der Waals surface area contributed by atoms with Gasteiger partial charge in [-0.15, -0.1) is 11.3 Å². The lowest BCUT2D eigenvalue weighted by atomic mass is 10.1. The predicted octanol–water partition coefficient (Wildman–Crippen LogP) is 4.50. The molecule has 1 N–H and O–H groups in total. The lowest BCUT2D eigenvalue weighted by molar-refractivity contribution is 0.0951. The number of aryl methyl sites for hydroxylation is 1. The van der Waals surface area contributed by atoms with Crippen LogP contribution in [0.2, 0.25) is 0 Å².